The van der Waals surface area contributed by atoms with Gasteiger partial charge in [-0.2, -0.15) is 0 Å². The molecule has 0 saturated heterocycles. The van der Waals surface area contributed by atoms with Gasteiger partial charge in [-0.25, -0.2) is 4.79 Å². The Hall–Kier alpha value is -1.31. The van der Waals surface area contributed by atoms with Crippen molar-refractivity contribution in [2.45, 2.75) is 0 Å². The van der Waals surface area contributed by atoms with Crippen LogP contribution in [0.15, 0.2) is 36.4 Å². The van der Waals surface area contributed by atoms with Crippen LogP contribution in [0, 0.1) is 3.57 Å². The van der Waals surface area contributed by atoms with E-state index >= 15 is 0 Å². The number of nitrogens with one attached hydrogen (secondary N) is 1. The molecule has 21 heavy (non-hydrogen) atoms. The van der Waals surface area contributed by atoms with Crippen LogP contribution in [0.5, 0.6) is 0 Å². The zero-order valence-corrected chi connectivity index (χ0v) is 14.0. The molecule has 0 saturated carbocycles. The van der Waals surface area contributed by atoms with Crippen molar-refractivity contribution in [3.05, 3.63) is 61.1 Å². The summed E-state index contributed by atoms with van der Waals surface area (Å²) in [4.78, 5) is 23.2. The lowest BCUT2D eigenvalue weighted by Crippen LogP contribution is -2.13. The molecule has 7 heteroatoms. The van der Waals surface area contributed by atoms with E-state index in [2.05, 4.69) is 27.9 Å². The van der Waals surface area contributed by atoms with E-state index < -0.39 is 11.9 Å². The molecule has 1 amide bonds. The van der Waals surface area contributed by atoms with Crippen molar-refractivity contribution < 1.29 is 14.7 Å². The van der Waals surface area contributed by atoms with Crippen molar-refractivity contribution in [3.8, 4) is 0 Å². The first-order valence-electron chi connectivity index (χ1n) is 5.67. The fourth-order valence-corrected chi connectivity index (χ4v) is 2.53. The fourth-order valence-electron chi connectivity index (χ4n) is 1.64. The molecule has 0 atom stereocenters. The molecule has 2 aromatic carbocycles. The average molecular weight is 436 g/mol. The first kappa shape index (κ1) is 16.1. The van der Waals surface area contributed by atoms with Gasteiger partial charge in [0.25, 0.3) is 5.91 Å². The minimum Gasteiger partial charge on any atom is -0.478 e. The molecule has 108 valence electrons. The summed E-state index contributed by atoms with van der Waals surface area (Å²) >= 11 is 13.8. The topological polar surface area (TPSA) is 66.4 Å². The second-order valence-corrected chi connectivity index (χ2v) is 6.14. The average Bonchev–Trinajstić information content (AvgIpc) is 2.43. The molecular formula is C14H8Cl2INO3. The minimum absolute atomic E-state index is 0.0804. The fraction of sp³-hybridized carbons (Fsp3) is 0. The van der Waals surface area contributed by atoms with Gasteiger partial charge in [0.2, 0.25) is 0 Å². The van der Waals surface area contributed by atoms with Crippen LogP contribution in [0.25, 0.3) is 0 Å². The number of aromatic carboxylic acids is 1. The van der Waals surface area contributed by atoms with Gasteiger partial charge < -0.3 is 10.4 Å². The summed E-state index contributed by atoms with van der Waals surface area (Å²) in [7, 11) is 0. The molecule has 0 spiro atoms. The maximum absolute atomic E-state index is 12.2. The largest absolute Gasteiger partial charge is 0.478 e. The van der Waals surface area contributed by atoms with E-state index in [1.165, 1.54) is 18.2 Å². The number of carboxylic acids is 1. The lowest BCUT2D eigenvalue weighted by Gasteiger charge is -2.08. The zero-order chi connectivity index (χ0) is 15.6. The molecule has 2 aromatic rings. The standard InChI is InChI=1S/C14H8Cl2INO3/c15-11-3-1-7(17)5-9(11)13(19)18-8-2-4-12(16)10(6-8)14(20)21/h1-6H,(H,18,19)(H,20,21). The maximum atomic E-state index is 12.2. The monoisotopic (exact) mass is 435 g/mol. The summed E-state index contributed by atoms with van der Waals surface area (Å²) < 4.78 is 0.865. The first-order chi connectivity index (χ1) is 9.88. The van der Waals surface area contributed by atoms with Crippen LogP contribution in [-0.4, -0.2) is 17.0 Å². The maximum Gasteiger partial charge on any atom is 0.337 e. The Morgan fingerprint density at radius 1 is 1.00 bits per heavy atom. The van der Waals surface area contributed by atoms with Crippen molar-refractivity contribution in [1.29, 1.82) is 0 Å². The van der Waals surface area contributed by atoms with Gasteiger partial charge in [-0.1, -0.05) is 23.2 Å². The van der Waals surface area contributed by atoms with Crippen LogP contribution in [0.1, 0.15) is 20.7 Å². The van der Waals surface area contributed by atoms with Crippen molar-refractivity contribution in [3.63, 3.8) is 0 Å². The minimum atomic E-state index is -1.16. The van der Waals surface area contributed by atoms with Gasteiger partial charge in [0.15, 0.2) is 0 Å². The number of carboxylic acid groups (broad SMARTS) is 1. The van der Waals surface area contributed by atoms with Crippen LogP contribution in [0.4, 0.5) is 5.69 Å². The quantitative estimate of drug-likeness (QED) is 0.695. The van der Waals surface area contributed by atoms with Crippen LogP contribution in [-0.2, 0) is 0 Å². The number of halogens is 3. The SMILES string of the molecule is O=C(O)c1cc(NC(=O)c2cc(I)ccc2Cl)ccc1Cl. The van der Waals surface area contributed by atoms with E-state index in [9.17, 15) is 9.59 Å². The molecule has 0 unspecified atom stereocenters. The molecule has 0 radical (unpaired) electrons. The lowest BCUT2D eigenvalue weighted by molar-refractivity contribution is 0.0696. The Morgan fingerprint density at radius 2 is 1.62 bits per heavy atom. The summed E-state index contributed by atoms with van der Waals surface area (Å²) in [6, 6.07) is 9.29. The molecule has 0 heterocycles. The Bertz CT molecular complexity index is 734. The highest BCUT2D eigenvalue weighted by Gasteiger charge is 2.14. The third kappa shape index (κ3) is 3.87. The third-order valence-electron chi connectivity index (χ3n) is 2.63. The highest BCUT2D eigenvalue weighted by Crippen LogP contribution is 2.23. The number of carbonyl (C=O) groups excluding carboxylic acids is 1. The first-order valence-corrected chi connectivity index (χ1v) is 7.51. The Balaban J connectivity index is 2.29. The summed E-state index contributed by atoms with van der Waals surface area (Å²) in [5.74, 6) is -1.58. The van der Waals surface area contributed by atoms with Crippen LogP contribution in [0.3, 0.4) is 0 Å². The molecule has 0 aliphatic heterocycles. The van der Waals surface area contributed by atoms with Crippen molar-refractivity contribution in [1.82, 2.24) is 0 Å². The second kappa shape index (κ2) is 6.64. The van der Waals surface area contributed by atoms with E-state index in [1.54, 1.807) is 18.2 Å². The number of hydrogen-bond donors (Lipinski definition) is 2. The summed E-state index contributed by atoms with van der Waals surface area (Å²) in [5.41, 5.74) is 0.565. The van der Waals surface area contributed by atoms with Crippen LogP contribution in [0.2, 0.25) is 10.0 Å². The van der Waals surface area contributed by atoms with E-state index in [0.717, 1.165) is 3.57 Å². The van der Waals surface area contributed by atoms with Gasteiger partial charge in [-0.3, -0.25) is 4.79 Å². The predicted molar refractivity (Wildman–Crippen MR) is 90.5 cm³/mol. The Labute approximate surface area is 144 Å². The van der Waals surface area contributed by atoms with E-state index in [-0.39, 0.29) is 10.6 Å². The van der Waals surface area contributed by atoms with Gasteiger partial charge in [-0.15, -0.1) is 0 Å². The molecule has 0 aromatic heterocycles. The normalized spacial score (nSPS) is 10.2. The number of hydrogen-bond acceptors (Lipinski definition) is 2. The van der Waals surface area contributed by atoms with Crippen LogP contribution < -0.4 is 5.32 Å². The Kier molecular flexibility index (Phi) is 5.08. The highest BCUT2D eigenvalue weighted by molar-refractivity contribution is 14.1. The van der Waals surface area contributed by atoms with Crippen molar-refractivity contribution in [2.24, 2.45) is 0 Å². The number of benzene rings is 2. The van der Waals surface area contributed by atoms with Crippen molar-refractivity contribution in [2.75, 3.05) is 5.32 Å². The molecular weight excluding hydrogens is 428 g/mol. The molecule has 0 bridgehead atoms. The molecule has 2 rings (SSSR count). The number of anilines is 1. The Morgan fingerprint density at radius 3 is 2.29 bits per heavy atom. The smallest absolute Gasteiger partial charge is 0.337 e. The van der Waals surface area contributed by atoms with Crippen LogP contribution >= 0.6 is 45.8 Å². The summed E-state index contributed by atoms with van der Waals surface area (Å²) in [6.45, 7) is 0. The number of rotatable bonds is 3. The zero-order valence-electron chi connectivity index (χ0n) is 10.4. The van der Waals surface area contributed by atoms with E-state index in [4.69, 9.17) is 28.3 Å². The second-order valence-electron chi connectivity index (χ2n) is 4.08. The van der Waals surface area contributed by atoms with Gasteiger partial charge >= 0.3 is 5.97 Å². The molecule has 0 fully saturated rings. The van der Waals surface area contributed by atoms with Gasteiger partial charge in [0.1, 0.15) is 0 Å². The molecule has 0 aliphatic rings. The third-order valence-corrected chi connectivity index (χ3v) is 3.96. The summed E-state index contributed by atoms with van der Waals surface area (Å²) in [6.07, 6.45) is 0. The van der Waals surface area contributed by atoms with E-state index in [0.29, 0.717) is 16.3 Å². The van der Waals surface area contributed by atoms with Gasteiger partial charge in [-0.05, 0) is 59.0 Å². The molecule has 0 aliphatic carbocycles. The van der Waals surface area contributed by atoms with Crippen molar-refractivity contribution >= 4 is 63.4 Å². The highest BCUT2D eigenvalue weighted by atomic mass is 127. The lowest BCUT2D eigenvalue weighted by atomic mass is 10.1. The van der Waals surface area contributed by atoms with Gasteiger partial charge in [0, 0.05) is 9.26 Å². The van der Waals surface area contributed by atoms with Gasteiger partial charge in [0.05, 0.1) is 21.2 Å². The number of amides is 1. The summed E-state index contributed by atoms with van der Waals surface area (Å²) in [5, 5.41) is 12.0. The number of carbonyl (C=O) groups is 2. The molecule has 2 N–H and O–H groups in total. The molecule has 4 nitrogen and oxygen atoms in total. The van der Waals surface area contributed by atoms with E-state index in [1.807, 2.05) is 0 Å². The predicted octanol–water partition coefficient (Wildman–Crippen LogP) is 4.55.